The Morgan fingerprint density at radius 3 is 2.79 bits per heavy atom. The van der Waals surface area contributed by atoms with Gasteiger partial charge in [-0.15, -0.1) is 11.8 Å². The summed E-state index contributed by atoms with van der Waals surface area (Å²) in [6.45, 7) is 0.726. The number of aromatic nitrogens is 3. The van der Waals surface area contributed by atoms with Gasteiger partial charge in [-0.05, 0) is 24.3 Å². The van der Waals surface area contributed by atoms with Gasteiger partial charge in [-0.1, -0.05) is 6.07 Å². The van der Waals surface area contributed by atoms with E-state index in [1.807, 2.05) is 41.1 Å². The highest BCUT2D eigenvalue weighted by Crippen LogP contribution is 2.25. The molecule has 0 aliphatic heterocycles. The summed E-state index contributed by atoms with van der Waals surface area (Å²) < 4.78 is 1.83. The van der Waals surface area contributed by atoms with Crippen LogP contribution in [0.1, 0.15) is 0 Å². The van der Waals surface area contributed by atoms with Crippen molar-refractivity contribution in [2.75, 3.05) is 5.75 Å². The summed E-state index contributed by atoms with van der Waals surface area (Å²) >= 11 is 1.67. The number of thioether (sulfide) groups is 1. The lowest BCUT2D eigenvalue weighted by Crippen LogP contribution is -1.98. The van der Waals surface area contributed by atoms with Crippen LogP contribution in [0.15, 0.2) is 53.9 Å². The van der Waals surface area contributed by atoms with Crippen molar-refractivity contribution in [1.82, 2.24) is 14.5 Å². The van der Waals surface area contributed by atoms with E-state index in [4.69, 9.17) is 0 Å². The van der Waals surface area contributed by atoms with Crippen LogP contribution in [0.5, 0.6) is 5.88 Å². The van der Waals surface area contributed by atoms with Gasteiger partial charge in [0.25, 0.3) is 0 Å². The van der Waals surface area contributed by atoms with Crippen LogP contribution in [0, 0.1) is 0 Å². The number of fused-ring (bicyclic) bond motifs is 1. The molecule has 0 aliphatic carbocycles. The molecular formula is C14H13N3OS. The minimum atomic E-state index is 0.282. The van der Waals surface area contributed by atoms with Gasteiger partial charge in [-0.3, -0.25) is 4.98 Å². The summed E-state index contributed by atoms with van der Waals surface area (Å²) in [5, 5.41) is 11.9. The Bertz CT molecular complexity index is 681. The molecule has 0 atom stereocenters. The van der Waals surface area contributed by atoms with E-state index in [1.165, 1.54) is 0 Å². The number of nitrogens with zero attached hydrogens (tertiary/aromatic N) is 3. The topological polar surface area (TPSA) is 50.9 Å². The molecule has 0 saturated carbocycles. The van der Waals surface area contributed by atoms with Crippen molar-refractivity contribution >= 4 is 22.7 Å². The standard InChI is InChI=1S/C14H13N3OS/c18-14-11-4-3-7-15-12(11)10-17(14)8-9-19-13-5-1-2-6-16-13/h1-7,10,18H,8-9H2. The molecule has 3 aromatic rings. The van der Waals surface area contributed by atoms with Gasteiger partial charge in [0.15, 0.2) is 0 Å². The lowest BCUT2D eigenvalue weighted by atomic mass is 10.3. The van der Waals surface area contributed by atoms with Crippen molar-refractivity contribution in [3.8, 4) is 5.88 Å². The van der Waals surface area contributed by atoms with E-state index in [2.05, 4.69) is 9.97 Å². The second-order valence-electron chi connectivity index (χ2n) is 4.10. The Labute approximate surface area is 115 Å². The first kappa shape index (κ1) is 12.0. The van der Waals surface area contributed by atoms with Gasteiger partial charge in [-0.2, -0.15) is 0 Å². The first-order valence-corrected chi connectivity index (χ1v) is 7.00. The highest BCUT2D eigenvalue weighted by molar-refractivity contribution is 7.99. The quantitative estimate of drug-likeness (QED) is 0.741. The molecule has 3 rings (SSSR count). The molecule has 3 aromatic heterocycles. The van der Waals surface area contributed by atoms with Crippen molar-refractivity contribution in [3.63, 3.8) is 0 Å². The molecule has 0 saturated heterocycles. The van der Waals surface area contributed by atoms with Crippen LogP contribution < -0.4 is 0 Å². The predicted molar refractivity (Wildman–Crippen MR) is 76.4 cm³/mol. The third kappa shape index (κ3) is 2.56. The van der Waals surface area contributed by atoms with Gasteiger partial charge < -0.3 is 9.67 Å². The largest absolute Gasteiger partial charge is 0.494 e. The van der Waals surface area contributed by atoms with Crippen molar-refractivity contribution in [2.45, 2.75) is 11.6 Å². The minimum Gasteiger partial charge on any atom is -0.494 e. The van der Waals surface area contributed by atoms with E-state index in [-0.39, 0.29) is 5.88 Å². The summed E-state index contributed by atoms with van der Waals surface area (Å²) in [6.07, 6.45) is 5.39. The molecule has 0 bridgehead atoms. The van der Waals surface area contributed by atoms with Gasteiger partial charge in [0, 0.05) is 30.9 Å². The van der Waals surface area contributed by atoms with E-state index >= 15 is 0 Å². The Morgan fingerprint density at radius 1 is 1.11 bits per heavy atom. The van der Waals surface area contributed by atoms with E-state index < -0.39 is 0 Å². The van der Waals surface area contributed by atoms with Crippen molar-refractivity contribution in [3.05, 3.63) is 48.9 Å². The SMILES string of the molecule is Oc1c2cccnc2cn1CCSc1ccccn1. The van der Waals surface area contributed by atoms with E-state index in [1.54, 1.807) is 24.2 Å². The molecule has 0 unspecified atom stereocenters. The second kappa shape index (κ2) is 5.32. The second-order valence-corrected chi connectivity index (χ2v) is 5.21. The zero-order valence-electron chi connectivity index (χ0n) is 10.2. The minimum absolute atomic E-state index is 0.282. The molecule has 0 aliphatic rings. The predicted octanol–water partition coefficient (Wildman–Crippen LogP) is 2.93. The highest BCUT2D eigenvalue weighted by Gasteiger charge is 2.08. The fourth-order valence-electron chi connectivity index (χ4n) is 1.92. The van der Waals surface area contributed by atoms with E-state index in [0.717, 1.165) is 28.2 Å². The van der Waals surface area contributed by atoms with Gasteiger partial charge in [-0.25, -0.2) is 4.98 Å². The summed E-state index contributed by atoms with van der Waals surface area (Å²) in [4.78, 5) is 8.48. The number of hydrogen-bond donors (Lipinski definition) is 1. The third-order valence-corrected chi connectivity index (χ3v) is 3.77. The molecule has 96 valence electrons. The van der Waals surface area contributed by atoms with Crippen molar-refractivity contribution < 1.29 is 5.11 Å². The highest BCUT2D eigenvalue weighted by atomic mass is 32.2. The van der Waals surface area contributed by atoms with Crippen LogP contribution in [0.2, 0.25) is 0 Å². The number of rotatable bonds is 4. The van der Waals surface area contributed by atoms with Gasteiger partial charge in [0.2, 0.25) is 5.88 Å². The van der Waals surface area contributed by atoms with Crippen LogP contribution in [0.4, 0.5) is 0 Å². The lowest BCUT2D eigenvalue weighted by Gasteiger charge is -2.04. The molecular weight excluding hydrogens is 258 g/mol. The van der Waals surface area contributed by atoms with Crippen LogP contribution in [-0.2, 0) is 6.54 Å². The maximum atomic E-state index is 10.1. The molecule has 0 fully saturated rings. The summed E-state index contributed by atoms with van der Waals surface area (Å²) in [7, 11) is 0. The average molecular weight is 271 g/mol. The Balaban J connectivity index is 1.70. The van der Waals surface area contributed by atoms with Crippen LogP contribution >= 0.6 is 11.8 Å². The van der Waals surface area contributed by atoms with Crippen molar-refractivity contribution in [1.29, 1.82) is 0 Å². The van der Waals surface area contributed by atoms with Crippen molar-refractivity contribution in [2.24, 2.45) is 0 Å². The number of aromatic hydroxyl groups is 1. The molecule has 0 radical (unpaired) electrons. The maximum Gasteiger partial charge on any atom is 0.200 e. The number of aryl methyl sites for hydroxylation is 1. The fraction of sp³-hybridized carbons (Fsp3) is 0.143. The monoisotopic (exact) mass is 271 g/mol. The summed E-state index contributed by atoms with van der Waals surface area (Å²) in [5.41, 5.74) is 0.822. The molecule has 0 spiro atoms. The molecule has 19 heavy (non-hydrogen) atoms. The van der Waals surface area contributed by atoms with Gasteiger partial charge >= 0.3 is 0 Å². The lowest BCUT2D eigenvalue weighted by molar-refractivity contribution is 0.428. The third-order valence-electron chi connectivity index (χ3n) is 2.85. The number of hydrogen-bond acceptors (Lipinski definition) is 4. The smallest absolute Gasteiger partial charge is 0.200 e. The van der Waals surface area contributed by atoms with Crippen LogP contribution in [-0.4, -0.2) is 25.4 Å². The molecule has 0 amide bonds. The molecule has 3 heterocycles. The first-order chi connectivity index (χ1) is 9.34. The molecule has 0 aromatic carbocycles. The van der Waals surface area contributed by atoms with E-state index in [0.29, 0.717) is 0 Å². The summed E-state index contributed by atoms with van der Waals surface area (Å²) in [5.74, 6) is 1.13. The summed E-state index contributed by atoms with van der Waals surface area (Å²) in [6, 6.07) is 9.56. The van der Waals surface area contributed by atoms with Crippen LogP contribution in [0.25, 0.3) is 10.9 Å². The normalized spacial score (nSPS) is 10.9. The average Bonchev–Trinajstić information content (AvgIpc) is 2.78. The number of pyridine rings is 2. The Kier molecular flexibility index (Phi) is 3.37. The molecule has 4 nitrogen and oxygen atoms in total. The molecule has 5 heteroatoms. The Hall–Kier alpha value is -2.01. The zero-order valence-corrected chi connectivity index (χ0v) is 11.0. The maximum absolute atomic E-state index is 10.1. The molecule has 1 N–H and O–H groups in total. The Morgan fingerprint density at radius 2 is 2.00 bits per heavy atom. The zero-order chi connectivity index (χ0) is 13.1. The van der Waals surface area contributed by atoms with Gasteiger partial charge in [0.05, 0.1) is 15.9 Å². The fourth-order valence-corrected chi connectivity index (χ4v) is 2.73. The van der Waals surface area contributed by atoms with E-state index in [9.17, 15) is 5.11 Å². The van der Waals surface area contributed by atoms with Crippen LogP contribution in [0.3, 0.4) is 0 Å². The first-order valence-electron chi connectivity index (χ1n) is 6.01. The van der Waals surface area contributed by atoms with Gasteiger partial charge in [0.1, 0.15) is 0 Å².